The van der Waals surface area contributed by atoms with E-state index in [0.29, 0.717) is 0 Å². The smallest absolute Gasteiger partial charge is 0.354 e. The summed E-state index contributed by atoms with van der Waals surface area (Å²) < 4.78 is 1.53. The molecule has 0 spiro atoms. The molecule has 2 rings (SSSR count). The van der Waals surface area contributed by atoms with E-state index in [1.54, 1.807) is 0 Å². The number of hydrogen-bond donors (Lipinski definition) is 1. The number of hydrogen-bond acceptors (Lipinski definition) is 2. The fraction of sp³-hybridized carbons (Fsp3) is 0.375. The Hall–Kier alpha value is -2.10. The summed E-state index contributed by atoms with van der Waals surface area (Å²) in [5, 5.41) is 14.0. The van der Waals surface area contributed by atoms with Crippen molar-refractivity contribution in [2.45, 2.75) is 40.0 Å². The largest absolute Gasteiger partial charge is 0.477 e. The minimum atomic E-state index is -0.952. The molecule has 0 aliphatic heterocycles. The van der Waals surface area contributed by atoms with Crippen LogP contribution in [-0.2, 0) is 5.41 Å². The lowest BCUT2D eigenvalue weighted by Crippen LogP contribution is -2.14. The van der Waals surface area contributed by atoms with Crippen molar-refractivity contribution in [3.05, 3.63) is 46.8 Å². The minimum absolute atomic E-state index is 0.191. The van der Waals surface area contributed by atoms with Crippen molar-refractivity contribution in [3.8, 4) is 5.69 Å². The van der Waals surface area contributed by atoms with Gasteiger partial charge in [0.05, 0.1) is 11.4 Å². The van der Waals surface area contributed by atoms with Crippen molar-refractivity contribution in [2.24, 2.45) is 0 Å². The highest BCUT2D eigenvalue weighted by atomic mass is 16.4. The summed E-state index contributed by atoms with van der Waals surface area (Å²) in [6.07, 6.45) is 0. The minimum Gasteiger partial charge on any atom is -0.477 e. The third-order valence-corrected chi connectivity index (χ3v) is 3.28. The summed E-state index contributed by atoms with van der Waals surface area (Å²) in [5.74, 6) is -0.952. The van der Waals surface area contributed by atoms with Gasteiger partial charge in [0, 0.05) is 11.0 Å². The molecule has 0 saturated heterocycles. The third kappa shape index (κ3) is 2.46. The predicted octanol–water partition coefficient (Wildman–Crippen LogP) is 3.48. The molecular weight excluding hydrogens is 252 g/mol. The van der Waals surface area contributed by atoms with E-state index in [2.05, 4.69) is 5.10 Å². The molecule has 0 unspecified atom stereocenters. The van der Waals surface area contributed by atoms with Gasteiger partial charge in [0.25, 0.3) is 0 Å². The van der Waals surface area contributed by atoms with Gasteiger partial charge in [-0.2, -0.15) is 5.10 Å². The maximum atomic E-state index is 11.6. The molecule has 0 saturated carbocycles. The average Bonchev–Trinajstić information content (AvgIpc) is 2.66. The quantitative estimate of drug-likeness (QED) is 0.910. The van der Waals surface area contributed by atoms with Crippen LogP contribution in [-0.4, -0.2) is 20.9 Å². The Balaban J connectivity index is 2.73. The zero-order valence-corrected chi connectivity index (χ0v) is 12.6. The first-order chi connectivity index (χ1) is 9.21. The Labute approximate surface area is 119 Å². The van der Waals surface area contributed by atoms with Crippen molar-refractivity contribution in [3.63, 3.8) is 0 Å². The maximum Gasteiger partial charge on any atom is 0.354 e. The number of carboxylic acid groups (broad SMARTS) is 1. The van der Waals surface area contributed by atoms with Crippen LogP contribution in [0.15, 0.2) is 24.3 Å². The standard InChI is InChI=1S/C16H20N2O2/c1-10-7-6-8-12(9-10)18-13(15(19)20)11(2)14(17-18)16(3,4)5/h6-9H,1-5H3,(H,19,20). The van der Waals surface area contributed by atoms with Crippen LogP contribution in [0.4, 0.5) is 0 Å². The molecule has 20 heavy (non-hydrogen) atoms. The Kier molecular flexibility index (Phi) is 3.42. The Morgan fingerprint density at radius 2 is 1.90 bits per heavy atom. The fourth-order valence-electron chi connectivity index (χ4n) is 2.41. The second-order valence-electron chi connectivity index (χ2n) is 6.13. The first kappa shape index (κ1) is 14.3. The summed E-state index contributed by atoms with van der Waals surface area (Å²) in [7, 11) is 0. The second-order valence-corrected chi connectivity index (χ2v) is 6.13. The summed E-state index contributed by atoms with van der Waals surface area (Å²) in [6, 6.07) is 7.69. The number of aryl methyl sites for hydroxylation is 1. The molecule has 0 bridgehead atoms. The number of rotatable bonds is 2. The van der Waals surface area contributed by atoms with Crippen molar-refractivity contribution < 1.29 is 9.90 Å². The molecule has 0 aliphatic rings. The molecule has 4 heteroatoms. The van der Waals surface area contributed by atoms with Crippen LogP contribution in [0.25, 0.3) is 5.69 Å². The molecule has 0 fully saturated rings. The van der Waals surface area contributed by atoms with E-state index in [1.807, 2.05) is 58.9 Å². The zero-order valence-electron chi connectivity index (χ0n) is 12.6. The fourth-order valence-corrected chi connectivity index (χ4v) is 2.41. The van der Waals surface area contributed by atoms with E-state index in [0.717, 1.165) is 22.5 Å². The summed E-state index contributed by atoms with van der Waals surface area (Å²) in [6.45, 7) is 9.91. The van der Waals surface area contributed by atoms with Crippen LogP contribution in [0.1, 0.15) is 48.1 Å². The van der Waals surface area contributed by atoms with E-state index in [9.17, 15) is 9.90 Å². The normalized spacial score (nSPS) is 11.7. The van der Waals surface area contributed by atoms with Crippen LogP contribution in [0, 0.1) is 13.8 Å². The van der Waals surface area contributed by atoms with Gasteiger partial charge in [-0.3, -0.25) is 0 Å². The molecule has 0 aliphatic carbocycles. The molecule has 1 aromatic heterocycles. The lowest BCUT2D eigenvalue weighted by Gasteiger charge is -2.16. The number of benzene rings is 1. The molecule has 4 nitrogen and oxygen atoms in total. The lowest BCUT2D eigenvalue weighted by molar-refractivity contribution is 0.0686. The van der Waals surface area contributed by atoms with Gasteiger partial charge in [-0.1, -0.05) is 32.9 Å². The predicted molar refractivity (Wildman–Crippen MR) is 78.7 cm³/mol. The van der Waals surface area contributed by atoms with Gasteiger partial charge >= 0.3 is 5.97 Å². The monoisotopic (exact) mass is 272 g/mol. The molecule has 2 aromatic rings. The number of aromatic carboxylic acids is 1. The highest BCUT2D eigenvalue weighted by molar-refractivity contribution is 5.88. The molecule has 0 atom stereocenters. The van der Waals surface area contributed by atoms with E-state index >= 15 is 0 Å². The van der Waals surface area contributed by atoms with Crippen molar-refractivity contribution in [1.82, 2.24) is 9.78 Å². The Bertz CT molecular complexity index is 664. The first-order valence-electron chi connectivity index (χ1n) is 6.62. The van der Waals surface area contributed by atoms with Crippen LogP contribution < -0.4 is 0 Å². The Morgan fingerprint density at radius 3 is 2.40 bits per heavy atom. The molecule has 1 N–H and O–H groups in total. The van der Waals surface area contributed by atoms with Crippen LogP contribution in [0.3, 0.4) is 0 Å². The molecule has 106 valence electrons. The molecule has 0 radical (unpaired) electrons. The van der Waals surface area contributed by atoms with Gasteiger partial charge in [0.1, 0.15) is 0 Å². The highest BCUT2D eigenvalue weighted by Crippen LogP contribution is 2.28. The maximum absolute atomic E-state index is 11.6. The van der Waals surface area contributed by atoms with Crippen LogP contribution >= 0.6 is 0 Å². The number of aromatic nitrogens is 2. The number of carboxylic acids is 1. The zero-order chi connectivity index (χ0) is 15.1. The topological polar surface area (TPSA) is 55.1 Å². The van der Waals surface area contributed by atoms with Gasteiger partial charge in [-0.25, -0.2) is 9.48 Å². The van der Waals surface area contributed by atoms with Gasteiger partial charge in [-0.05, 0) is 31.5 Å². The van der Waals surface area contributed by atoms with Crippen molar-refractivity contribution in [1.29, 1.82) is 0 Å². The number of carbonyl (C=O) groups is 1. The van der Waals surface area contributed by atoms with Crippen molar-refractivity contribution in [2.75, 3.05) is 0 Å². The molecule has 1 aromatic carbocycles. The van der Waals surface area contributed by atoms with E-state index in [4.69, 9.17) is 0 Å². The van der Waals surface area contributed by atoms with E-state index in [1.165, 1.54) is 4.68 Å². The number of nitrogens with zero attached hydrogens (tertiary/aromatic N) is 2. The molecule has 0 amide bonds. The molecule has 1 heterocycles. The first-order valence-corrected chi connectivity index (χ1v) is 6.62. The lowest BCUT2D eigenvalue weighted by atomic mass is 9.89. The van der Waals surface area contributed by atoms with E-state index in [-0.39, 0.29) is 11.1 Å². The van der Waals surface area contributed by atoms with Gasteiger partial charge in [-0.15, -0.1) is 0 Å². The second kappa shape index (κ2) is 4.78. The molecular formula is C16H20N2O2. The third-order valence-electron chi connectivity index (χ3n) is 3.28. The van der Waals surface area contributed by atoms with Crippen LogP contribution in [0.2, 0.25) is 0 Å². The van der Waals surface area contributed by atoms with Crippen LogP contribution in [0.5, 0.6) is 0 Å². The van der Waals surface area contributed by atoms with E-state index < -0.39 is 5.97 Å². The summed E-state index contributed by atoms with van der Waals surface area (Å²) in [5.41, 5.74) is 3.44. The SMILES string of the molecule is Cc1cccc(-n2nc(C(C)(C)C)c(C)c2C(=O)O)c1. The van der Waals surface area contributed by atoms with Gasteiger partial charge in [0.15, 0.2) is 5.69 Å². The summed E-state index contributed by atoms with van der Waals surface area (Å²) >= 11 is 0. The van der Waals surface area contributed by atoms with Gasteiger partial charge in [0.2, 0.25) is 0 Å². The summed E-state index contributed by atoms with van der Waals surface area (Å²) in [4.78, 5) is 11.6. The van der Waals surface area contributed by atoms with Crippen molar-refractivity contribution >= 4 is 5.97 Å². The Morgan fingerprint density at radius 1 is 1.25 bits per heavy atom. The highest BCUT2D eigenvalue weighted by Gasteiger charge is 2.27. The average molecular weight is 272 g/mol. The van der Waals surface area contributed by atoms with Gasteiger partial charge < -0.3 is 5.11 Å².